The van der Waals surface area contributed by atoms with Crippen LogP contribution >= 0.6 is 0 Å². The molecule has 1 atom stereocenters. The van der Waals surface area contributed by atoms with Crippen LogP contribution in [0.1, 0.15) is 26.7 Å². The molecule has 0 fully saturated rings. The standard InChI is InChI=1S/C9H19NO/c1-3-5-7-10-9(4-2)6-8-11/h3,5,9-11H,4,6-8H2,1-2H3/b5-3+. The summed E-state index contributed by atoms with van der Waals surface area (Å²) in [5.41, 5.74) is 0. The molecule has 0 aliphatic heterocycles. The number of allylic oxidation sites excluding steroid dienone is 1. The van der Waals surface area contributed by atoms with E-state index in [1.165, 1.54) is 0 Å². The molecule has 66 valence electrons. The lowest BCUT2D eigenvalue weighted by molar-refractivity contribution is 0.264. The fourth-order valence-electron chi connectivity index (χ4n) is 0.959. The van der Waals surface area contributed by atoms with Crippen molar-refractivity contribution in [2.75, 3.05) is 13.2 Å². The van der Waals surface area contributed by atoms with Crippen molar-refractivity contribution in [3.05, 3.63) is 12.2 Å². The highest BCUT2D eigenvalue weighted by Gasteiger charge is 2.01. The van der Waals surface area contributed by atoms with Crippen molar-refractivity contribution in [3.8, 4) is 0 Å². The van der Waals surface area contributed by atoms with E-state index in [0.29, 0.717) is 6.04 Å². The molecule has 0 saturated carbocycles. The van der Waals surface area contributed by atoms with Gasteiger partial charge in [0.1, 0.15) is 0 Å². The van der Waals surface area contributed by atoms with Crippen molar-refractivity contribution in [1.82, 2.24) is 5.32 Å². The van der Waals surface area contributed by atoms with Gasteiger partial charge in [-0.3, -0.25) is 0 Å². The van der Waals surface area contributed by atoms with Gasteiger partial charge in [0.15, 0.2) is 0 Å². The summed E-state index contributed by atoms with van der Waals surface area (Å²) in [4.78, 5) is 0. The van der Waals surface area contributed by atoms with Gasteiger partial charge >= 0.3 is 0 Å². The normalized spacial score (nSPS) is 14.1. The van der Waals surface area contributed by atoms with Crippen molar-refractivity contribution in [2.24, 2.45) is 0 Å². The second-order valence-corrected chi connectivity index (χ2v) is 2.59. The third-order valence-electron chi connectivity index (χ3n) is 1.73. The van der Waals surface area contributed by atoms with Crippen LogP contribution in [0.4, 0.5) is 0 Å². The van der Waals surface area contributed by atoms with E-state index in [-0.39, 0.29) is 6.61 Å². The third kappa shape index (κ3) is 6.07. The molecule has 0 bridgehead atoms. The van der Waals surface area contributed by atoms with Gasteiger partial charge < -0.3 is 10.4 Å². The van der Waals surface area contributed by atoms with E-state index in [1.54, 1.807) is 0 Å². The first-order valence-electron chi connectivity index (χ1n) is 4.30. The summed E-state index contributed by atoms with van der Waals surface area (Å²) in [6.45, 7) is 5.33. The van der Waals surface area contributed by atoms with Crippen molar-refractivity contribution < 1.29 is 5.11 Å². The maximum Gasteiger partial charge on any atom is 0.0445 e. The summed E-state index contributed by atoms with van der Waals surface area (Å²) in [6.07, 6.45) is 6.05. The highest BCUT2D eigenvalue weighted by atomic mass is 16.3. The highest BCUT2D eigenvalue weighted by molar-refractivity contribution is 4.81. The van der Waals surface area contributed by atoms with Gasteiger partial charge in [-0.1, -0.05) is 19.1 Å². The van der Waals surface area contributed by atoms with Crippen LogP contribution in [0.15, 0.2) is 12.2 Å². The number of rotatable bonds is 6. The van der Waals surface area contributed by atoms with Gasteiger partial charge in [-0.05, 0) is 19.8 Å². The Labute approximate surface area is 69.3 Å². The van der Waals surface area contributed by atoms with E-state index >= 15 is 0 Å². The Hall–Kier alpha value is -0.340. The van der Waals surface area contributed by atoms with E-state index in [1.807, 2.05) is 13.0 Å². The molecule has 0 heterocycles. The van der Waals surface area contributed by atoms with E-state index in [4.69, 9.17) is 5.11 Å². The summed E-state index contributed by atoms with van der Waals surface area (Å²) in [6, 6.07) is 0.469. The highest BCUT2D eigenvalue weighted by Crippen LogP contribution is 1.95. The minimum absolute atomic E-state index is 0.279. The predicted octanol–water partition coefficient (Wildman–Crippen LogP) is 1.31. The summed E-state index contributed by atoms with van der Waals surface area (Å²) in [7, 11) is 0. The molecule has 0 aromatic heterocycles. The maximum absolute atomic E-state index is 8.67. The SMILES string of the molecule is C/C=C/CNC(CC)CCO. The number of nitrogens with one attached hydrogen (secondary N) is 1. The minimum Gasteiger partial charge on any atom is -0.396 e. The summed E-state index contributed by atoms with van der Waals surface area (Å²) < 4.78 is 0. The minimum atomic E-state index is 0.279. The zero-order chi connectivity index (χ0) is 8.53. The molecule has 0 aliphatic carbocycles. The van der Waals surface area contributed by atoms with Gasteiger partial charge in [-0.15, -0.1) is 0 Å². The quantitative estimate of drug-likeness (QED) is 0.570. The Morgan fingerprint density at radius 3 is 2.73 bits per heavy atom. The average molecular weight is 157 g/mol. The zero-order valence-corrected chi connectivity index (χ0v) is 7.51. The first-order chi connectivity index (χ1) is 5.35. The zero-order valence-electron chi connectivity index (χ0n) is 7.51. The molecule has 0 spiro atoms. The van der Waals surface area contributed by atoms with Crippen LogP contribution < -0.4 is 5.32 Å². The molecule has 2 N–H and O–H groups in total. The molecule has 0 aromatic rings. The Bertz CT molecular complexity index is 102. The molecule has 2 nitrogen and oxygen atoms in total. The molecule has 0 radical (unpaired) electrons. The lowest BCUT2D eigenvalue weighted by atomic mass is 10.1. The van der Waals surface area contributed by atoms with Gasteiger partial charge in [0.25, 0.3) is 0 Å². The first kappa shape index (κ1) is 10.7. The Morgan fingerprint density at radius 1 is 1.55 bits per heavy atom. The monoisotopic (exact) mass is 157 g/mol. The van der Waals surface area contributed by atoms with Gasteiger partial charge in [0.2, 0.25) is 0 Å². The van der Waals surface area contributed by atoms with E-state index in [0.717, 1.165) is 19.4 Å². The molecular formula is C9H19NO. The van der Waals surface area contributed by atoms with E-state index < -0.39 is 0 Å². The van der Waals surface area contributed by atoms with E-state index in [9.17, 15) is 0 Å². The Balaban J connectivity index is 3.35. The fourth-order valence-corrected chi connectivity index (χ4v) is 0.959. The molecular weight excluding hydrogens is 138 g/mol. The molecule has 0 rings (SSSR count). The second-order valence-electron chi connectivity index (χ2n) is 2.59. The molecule has 0 aromatic carbocycles. The van der Waals surface area contributed by atoms with Crippen molar-refractivity contribution in [2.45, 2.75) is 32.7 Å². The van der Waals surface area contributed by atoms with Crippen LogP contribution in [-0.2, 0) is 0 Å². The van der Waals surface area contributed by atoms with Crippen molar-refractivity contribution in [1.29, 1.82) is 0 Å². The second kappa shape index (κ2) is 7.76. The molecule has 0 aliphatic rings. The molecule has 0 saturated heterocycles. The summed E-state index contributed by atoms with van der Waals surface area (Å²) >= 11 is 0. The lowest BCUT2D eigenvalue weighted by Crippen LogP contribution is -2.29. The largest absolute Gasteiger partial charge is 0.396 e. The van der Waals surface area contributed by atoms with Crippen LogP contribution in [0.5, 0.6) is 0 Å². The fraction of sp³-hybridized carbons (Fsp3) is 0.778. The molecule has 1 unspecified atom stereocenters. The van der Waals surface area contributed by atoms with E-state index in [2.05, 4.69) is 18.3 Å². The van der Waals surface area contributed by atoms with Gasteiger partial charge in [0, 0.05) is 19.2 Å². The number of aliphatic hydroxyl groups is 1. The first-order valence-corrected chi connectivity index (χ1v) is 4.30. The average Bonchev–Trinajstić information content (AvgIpc) is 2.03. The van der Waals surface area contributed by atoms with Gasteiger partial charge in [-0.25, -0.2) is 0 Å². The van der Waals surface area contributed by atoms with Crippen molar-refractivity contribution in [3.63, 3.8) is 0 Å². The predicted molar refractivity (Wildman–Crippen MR) is 48.6 cm³/mol. The Kier molecular flexibility index (Phi) is 7.52. The van der Waals surface area contributed by atoms with Crippen LogP contribution in [0.25, 0.3) is 0 Å². The number of aliphatic hydroxyl groups excluding tert-OH is 1. The molecule has 11 heavy (non-hydrogen) atoms. The van der Waals surface area contributed by atoms with Crippen LogP contribution in [0, 0.1) is 0 Å². The smallest absolute Gasteiger partial charge is 0.0445 e. The third-order valence-corrected chi connectivity index (χ3v) is 1.73. The summed E-state index contributed by atoms with van der Waals surface area (Å²) in [5.74, 6) is 0. The maximum atomic E-state index is 8.67. The van der Waals surface area contributed by atoms with Crippen molar-refractivity contribution >= 4 is 0 Å². The molecule has 0 amide bonds. The Morgan fingerprint density at radius 2 is 2.27 bits per heavy atom. The van der Waals surface area contributed by atoms with Gasteiger partial charge in [-0.2, -0.15) is 0 Å². The van der Waals surface area contributed by atoms with Crippen LogP contribution in [0.2, 0.25) is 0 Å². The molecule has 2 heteroatoms. The van der Waals surface area contributed by atoms with Crippen LogP contribution in [-0.4, -0.2) is 24.3 Å². The number of hydrogen-bond donors (Lipinski definition) is 2. The topological polar surface area (TPSA) is 32.3 Å². The summed E-state index contributed by atoms with van der Waals surface area (Å²) in [5, 5.41) is 12.0. The van der Waals surface area contributed by atoms with Crippen LogP contribution in [0.3, 0.4) is 0 Å². The number of hydrogen-bond acceptors (Lipinski definition) is 2. The van der Waals surface area contributed by atoms with Gasteiger partial charge in [0.05, 0.1) is 0 Å². The lowest BCUT2D eigenvalue weighted by Gasteiger charge is -2.13.